The molecule has 1 aliphatic rings. The minimum atomic E-state index is -0.535. The minimum Gasteiger partial charge on any atom is -0.338 e. The Balaban J connectivity index is 0.00000300. The van der Waals surface area contributed by atoms with Crippen LogP contribution in [0.25, 0.3) is 0 Å². The smallest absolute Gasteiger partial charge is 0.255 e. The van der Waals surface area contributed by atoms with Crippen LogP contribution in [0.1, 0.15) is 42.6 Å². The van der Waals surface area contributed by atoms with Gasteiger partial charge in [0.2, 0.25) is 5.91 Å². The van der Waals surface area contributed by atoms with Crippen molar-refractivity contribution >= 4 is 29.9 Å². The number of nitrogens with zero attached hydrogens (tertiary/aromatic N) is 1. The van der Waals surface area contributed by atoms with E-state index in [1.54, 1.807) is 12.1 Å². The molecule has 29 heavy (non-hydrogen) atoms. The number of likely N-dealkylation sites (tertiary alicyclic amines) is 1. The predicted octanol–water partition coefficient (Wildman–Crippen LogP) is 3.91. The van der Waals surface area contributed by atoms with Crippen LogP contribution in [0.5, 0.6) is 0 Å². The van der Waals surface area contributed by atoms with Gasteiger partial charge >= 0.3 is 0 Å². The molecule has 2 amide bonds. The summed E-state index contributed by atoms with van der Waals surface area (Å²) in [5, 5.41) is 2.91. The van der Waals surface area contributed by atoms with E-state index >= 15 is 0 Å². The molecule has 0 saturated carbocycles. The molecule has 0 aliphatic carbocycles. The van der Waals surface area contributed by atoms with Gasteiger partial charge in [-0.15, -0.1) is 12.4 Å². The van der Waals surface area contributed by atoms with Crippen molar-refractivity contribution < 1.29 is 9.59 Å². The summed E-state index contributed by atoms with van der Waals surface area (Å²) in [4.78, 5) is 27.5. The largest absolute Gasteiger partial charge is 0.338 e. The second kappa shape index (κ2) is 9.42. The quantitative estimate of drug-likeness (QED) is 0.794. The maximum atomic E-state index is 13.3. The summed E-state index contributed by atoms with van der Waals surface area (Å²) in [5.74, 6) is 0.270. The number of nitrogens with two attached hydrogens (primary N) is 1. The zero-order chi connectivity index (χ0) is 20.3. The molecule has 2 atom stereocenters. The zero-order valence-electron chi connectivity index (χ0n) is 17.2. The van der Waals surface area contributed by atoms with Crippen molar-refractivity contribution in [3.63, 3.8) is 0 Å². The molecule has 3 rings (SSSR count). The molecule has 6 heteroatoms. The average Bonchev–Trinajstić information content (AvgIpc) is 3.12. The van der Waals surface area contributed by atoms with Crippen LogP contribution in [0.15, 0.2) is 54.6 Å². The highest BCUT2D eigenvalue weighted by molar-refractivity contribution is 6.04. The Morgan fingerprint density at radius 1 is 1.03 bits per heavy atom. The Bertz CT molecular complexity index is 849. The van der Waals surface area contributed by atoms with E-state index in [0.29, 0.717) is 30.9 Å². The van der Waals surface area contributed by atoms with E-state index in [0.717, 1.165) is 0 Å². The lowest BCUT2D eigenvalue weighted by atomic mass is 9.89. The molecule has 0 radical (unpaired) electrons. The van der Waals surface area contributed by atoms with E-state index < -0.39 is 5.41 Å². The van der Waals surface area contributed by atoms with Crippen LogP contribution in [0.3, 0.4) is 0 Å². The normalized spacial score (nSPS) is 18.8. The van der Waals surface area contributed by atoms with Gasteiger partial charge in [0.25, 0.3) is 5.91 Å². The third-order valence-electron chi connectivity index (χ3n) is 5.35. The second-order valence-electron chi connectivity index (χ2n) is 8.47. The van der Waals surface area contributed by atoms with Gasteiger partial charge < -0.3 is 16.0 Å². The molecule has 1 heterocycles. The summed E-state index contributed by atoms with van der Waals surface area (Å²) >= 11 is 0. The molecule has 0 spiro atoms. The van der Waals surface area contributed by atoms with Crippen LogP contribution >= 0.6 is 12.4 Å². The molecule has 0 bridgehead atoms. The van der Waals surface area contributed by atoms with Gasteiger partial charge in [0.15, 0.2) is 0 Å². The summed E-state index contributed by atoms with van der Waals surface area (Å²) in [7, 11) is 0. The number of carbonyl (C=O) groups is 2. The fourth-order valence-corrected chi connectivity index (χ4v) is 3.61. The number of hydrogen-bond acceptors (Lipinski definition) is 3. The fraction of sp³-hybridized carbons (Fsp3) is 0.391. The first kappa shape index (κ1) is 22.9. The third kappa shape index (κ3) is 5.17. The highest BCUT2D eigenvalue weighted by Crippen LogP contribution is 2.33. The van der Waals surface area contributed by atoms with Crippen molar-refractivity contribution in [1.29, 1.82) is 0 Å². The van der Waals surface area contributed by atoms with Gasteiger partial charge in [-0.3, -0.25) is 9.59 Å². The Kier molecular flexibility index (Phi) is 7.44. The van der Waals surface area contributed by atoms with Crippen LogP contribution in [-0.2, 0) is 4.79 Å². The number of rotatable bonds is 4. The number of para-hydroxylation sites is 1. The van der Waals surface area contributed by atoms with Crippen molar-refractivity contribution in [2.45, 2.75) is 26.7 Å². The van der Waals surface area contributed by atoms with E-state index in [4.69, 9.17) is 5.73 Å². The van der Waals surface area contributed by atoms with Gasteiger partial charge in [-0.1, -0.05) is 63.2 Å². The zero-order valence-corrected chi connectivity index (χ0v) is 18.0. The van der Waals surface area contributed by atoms with Crippen molar-refractivity contribution in [3.05, 3.63) is 65.7 Å². The fourth-order valence-electron chi connectivity index (χ4n) is 3.61. The lowest BCUT2D eigenvalue weighted by Crippen LogP contribution is -2.32. The Morgan fingerprint density at radius 3 is 2.28 bits per heavy atom. The van der Waals surface area contributed by atoms with E-state index in [9.17, 15) is 9.59 Å². The third-order valence-corrected chi connectivity index (χ3v) is 5.35. The van der Waals surface area contributed by atoms with Crippen LogP contribution in [-0.4, -0.2) is 36.3 Å². The Morgan fingerprint density at radius 2 is 1.66 bits per heavy atom. The summed E-state index contributed by atoms with van der Waals surface area (Å²) < 4.78 is 0. The minimum absolute atomic E-state index is 0. The van der Waals surface area contributed by atoms with E-state index in [1.165, 1.54) is 5.56 Å². The number of amides is 2. The molecule has 3 N–H and O–H groups in total. The predicted molar refractivity (Wildman–Crippen MR) is 119 cm³/mol. The molecule has 156 valence electrons. The van der Waals surface area contributed by atoms with Gasteiger partial charge in [-0.25, -0.2) is 0 Å². The van der Waals surface area contributed by atoms with E-state index in [1.807, 2.05) is 56.0 Å². The second-order valence-corrected chi connectivity index (χ2v) is 8.47. The Hall–Kier alpha value is -2.37. The molecular formula is C23H30ClN3O2. The topological polar surface area (TPSA) is 75.4 Å². The molecule has 1 fully saturated rings. The first-order valence-electron chi connectivity index (χ1n) is 9.76. The number of nitrogens with one attached hydrogen (secondary N) is 1. The average molecular weight is 416 g/mol. The first-order chi connectivity index (χ1) is 13.3. The number of halogens is 1. The summed E-state index contributed by atoms with van der Waals surface area (Å²) in [6, 6.07) is 17.4. The maximum absolute atomic E-state index is 13.3. The summed E-state index contributed by atoms with van der Waals surface area (Å²) in [6.07, 6.45) is 0. The maximum Gasteiger partial charge on any atom is 0.255 e. The summed E-state index contributed by atoms with van der Waals surface area (Å²) in [5.41, 5.74) is 7.76. The van der Waals surface area contributed by atoms with Gasteiger partial charge in [0.1, 0.15) is 0 Å². The van der Waals surface area contributed by atoms with Crippen molar-refractivity contribution in [2.75, 3.05) is 25.0 Å². The standard InChI is InChI=1S/C23H29N3O2.ClH/c1-23(2,3)22(28)25-20-12-8-7-11-18(20)21(27)26-14-17(13-24)19(15-26)16-9-5-4-6-10-16;/h4-12,17,19H,13-15,24H2,1-3H3,(H,25,28);1H/t17-,19+;/m1./s1. The monoisotopic (exact) mass is 415 g/mol. The molecule has 0 unspecified atom stereocenters. The lowest BCUT2D eigenvalue weighted by Gasteiger charge is -2.21. The number of anilines is 1. The van der Waals surface area contributed by atoms with Gasteiger partial charge in [0, 0.05) is 24.4 Å². The van der Waals surface area contributed by atoms with Gasteiger partial charge in [0.05, 0.1) is 11.3 Å². The van der Waals surface area contributed by atoms with E-state index in [-0.39, 0.29) is 36.1 Å². The van der Waals surface area contributed by atoms with Crippen LogP contribution < -0.4 is 11.1 Å². The molecule has 1 saturated heterocycles. The summed E-state index contributed by atoms with van der Waals surface area (Å²) in [6.45, 7) is 7.34. The molecule has 5 nitrogen and oxygen atoms in total. The van der Waals surface area contributed by atoms with Crippen LogP contribution in [0, 0.1) is 11.3 Å². The van der Waals surface area contributed by atoms with Gasteiger partial charge in [-0.05, 0) is 30.2 Å². The SMILES string of the molecule is CC(C)(C)C(=O)Nc1ccccc1C(=O)N1C[C@@H](CN)[C@H](c2ccccc2)C1.Cl. The Labute approximate surface area is 179 Å². The highest BCUT2D eigenvalue weighted by atomic mass is 35.5. The number of benzene rings is 2. The van der Waals surface area contributed by atoms with Crippen molar-refractivity contribution in [3.8, 4) is 0 Å². The highest BCUT2D eigenvalue weighted by Gasteiger charge is 2.36. The first-order valence-corrected chi connectivity index (χ1v) is 9.76. The van der Waals surface area contributed by atoms with E-state index in [2.05, 4.69) is 17.4 Å². The molecule has 2 aromatic carbocycles. The number of hydrogen-bond donors (Lipinski definition) is 2. The van der Waals surface area contributed by atoms with Crippen molar-refractivity contribution in [1.82, 2.24) is 4.90 Å². The van der Waals surface area contributed by atoms with Crippen molar-refractivity contribution in [2.24, 2.45) is 17.1 Å². The molecule has 2 aromatic rings. The molecule has 0 aromatic heterocycles. The van der Waals surface area contributed by atoms with Gasteiger partial charge in [-0.2, -0.15) is 0 Å². The lowest BCUT2D eigenvalue weighted by molar-refractivity contribution is -0.123. The van der Waals surface area contributed by atoms with Crippen LogP contribution in [0.4, 0.5) is 5.69 Å². The molecule has 1 aliphatic heterocycles. The van der Waals surface area contributed by atoms with Crippen LogP contribution in [0.2, 0.25) is 0 Å². The molecular weight excluding hydrogens is 386 g/mol. The number of carbonyl (C=O) groups excluding carboxylic acids is 2.